The van der Waals surface area contributed by atoms with Gasteiger partial charge in [-0.1, -0.05) is 13.3 Å². The zero-order valence-electron chi connectivity index (χ0n) is 12.7. The van der Waals surface area contributed by atoms with Crippen molar-refractivity contribution in [1.29, 1.82) is 0 Å². The van der Waals surface area contributed by atoms with E-state index in [4.69, 9.17) is 15.2 Å². The van der Waals surface area contributed by atoms with Gasteiger partial charge in [-0.05, 0) is 30.2 Å². The second-order valence-corrected chi connectivity index (χ2v) is 5.42. The molecule has 0 amide bonds. The third-order valence-electron chi connectivity index (χ3n) is 2.84. The van der Waals surface area contributed by atoms with Crippen LogP contribution in [0.4, 0.5) is 10.9 Å². The topological polar surface area (TPSA) is 81.8 Å². The molecule has 0 aliphatic rings. The molecule has 1 aromatic heterocycles. The molecule has 118 valence electrons. The van der Waals surface area contributed by atoms with E-state index in [0.717, 1.165) is 24.2 Å². The number of aromatic nitrogens is 1. The first kappa shape index (κ1) is 16.1. The summed E-state index contributed by atoms with van der Waals surface area (Å²) in [5.74, 6) is 1.92. The lowest BCUT2D eigenvalue weighted by atomic mass is 10.2. The zero-order chi connectivity index (χ0) is 15.8. The van der Waals surface area contributed by atoms with Gasteiger partial charge in [0.15, 0.2) is 11.5 Å². The van der Waals surface area contributed by atoms with Gasteiger partial charge in [0.2, 0.25) is 5.13 Å². The largest absolute Gasteiger partial charge is 0.493 e. The van der Waals surface area contributed by atoms with Crippen LogP contribution in [0.1, 0.15) is 25.3 Å². The average molecular weight is 320 g/mol. The van der Waals surface area contributed by atoms with Crippen molar-refractivity contribution >= 4 is 28.5 Å². The molecule has 2 rings (SSSR count). The summed E-state index contributed by atoms with van der Waals surface area (Å²) in [6.07, 6.45) is 3.79. The van der Waals surface area contributed by atoms with E-state index >= 15 is 0 Å². The first-order valence-corrected chi connectivity index (χ1v) is 7.91. The molecule has 0 saturated heterocycles. The summed E-state index contributed by atoms with van der Waals surface area (Å²) in [4.78, 5) is 4.06. The van der Waals surface area contributed by atoms with Crippen LogP contribution in [0.3, 0.4) is 0 Å². The number of benzene rings is 1. The quantitative estimate of drug-likeness (QED) is 0.443. The number of nitrogens with two attached hydrogens (primary N) is 1. The van der Waals surface area contributed by atoms with Crippen molar-refractivity contribution in [2.24, 2.45) is 5.10 Å². The molecule has 2 aromatic rings. The zero-order valence-corrected chi connectivity index (χ0v) is 13.5. The van der Waals surface area contributed by atoms with Gasteiger partial charge in [-0.2, -0.15) is 5.10 Å². The fraction of sp³-hybridized carbons (Fsp3) is 0.333. The second kappa shape index (κ2) is 8.23. The number of rotatable bonds is 8. The normalized spacial score (nSPS) is 10.8. The molecule has 7 heteroatoms. The van der Waals surface area contributed by atoms with E-state index in [1.807, 2.05) is 18.2 Å². The molecular formula is C15H20N4O2S. The van der Waals surface area contributed by atoms with Crippen LogP contribution in [0, 0.1) is 0 Å². The van der Waals surface area contributed by atoms with Crippen LogP contribution in [-0.4, -0.2) is 24.9 Å². The van der Waals surface area contributed by atoms with Crippen molar-refractivity contribution in [1.82, 2.24) is 4.98 Å². The summed E-state index contributed by atoms with van der Waals surface area (Å²) in [5, 5.41) is 6.55. The van der Waals surface area contributed by atoms with E-state index in [-0.39, 0.29) is 0 Å². The number of nitrogen functional groups attached to an aromatic ring is 1. The molecule has 0 radical (unpaired) electrons. The van der Waals surface area contributed by atoms with Gasteiger partial charge in [0, 0.05) is 5.38 Å². The van der Waals surface area contributed by atoms with Gasteiger partial charge in [0.05, 0.1) is 19.9 Å². The van der Waals surface area contributed by atoms with Crippen LogP contribution in [-0.2, 0) is 0 Å². The number of nitrogens with zero attached hydrogens (tertiary/aromatic N) is 2. The van der Waals surface area contributed by atoms with E-state index in [1.54, 1.807) is 18.7 Å². The number of ether oxygens (including phenoxy) is 2. The molecule has 0 atom stereocenters. The molecule has 0 spiro atoms. The number of unbranched alkanes of at least 4 members (excludes halogenated alkanes) is 1. The van der Waals surface area contributed by atoms with Crippen molar-refractivity contribution in [3.63, 3.8) is 0 Å². The summed E-state index contributed by atoms with van der Waals surface area (Å²) >= 11 is 1.40. The predicted octanol–water partition coefficient (Wildman–Crippen LogP) is 3.36. The van der Waals surface area contributed by atoms with Crippen LogP contribution in [0.25, 0.3) is 0 Å². The minimum Gasteiger partial charge on any atom is -0.493 e. The molecule has 0 saturated carbocycles. The van der Waals surface area contributed by atoms with Crippen LogP contribution < -0.4 is 20.6 Å². The van der Waals surface area contributed by atoms with Crippen molar-refractivity contribution in [3.05, 3.63) is 29.1 Å². The smallest absolute Gasteiger partial charge is 0.205 e. The van der Waals surface area contributed by atoms with Crippen molar-refractivity contribution < 1.29 is 9.47 Å². The number of hydrazone groups is 1. The van der Waals surface area contributed by atoms with Gasteiger partial charge in [-0.15, -0.1) is 11.3 Å². The van der Waals surface area contributed by atoms with E-state index in [2.05, 4.69) is 22.4 Å². The van der Waals surface area contributed by atoms with Gasteiger partial charge >= 0.3 is 0 Å². The van der Waals surface area contributed by atoms with Gasteiger partial charge < -0.3 is 15.2 Å². The lowest BCUT2D eigenvalue weighted by Crippen LogP contribution is -2.00. The number of nitrogens with one attached hydrogen (secondary N) is 1. The fourth-order valence-corrected chi connectivity index (χ4v) is 2.26. The van der Waals surface area contributed by atoms with Crippen LogP contribution in [0.15, 0.2) is 28.7 Å². The maximum Gasteiger partial charge on any atom is 0.205 e. The summed E-state index contributed by atoms with van der Waals surface area (Å²) < 4.78 is 11.0. The van der Waals surface area contributed by atoms with E-state index in [0.29, 0.717) is 23.3 Å². The Morgan fingerprint density at radius 3 is 2.95 bits per heavy atom. The third kappa shape index (κ3) is 4.63. The highest BCUT2D eigenvalue weighted by atomic mass is 32.1. The lowest BCUT2D eigenvalue weighted by molar-refractivity contribution is 0.288. The Bertz CT molecular complexity index is 628. The number of methoxy groups -OCH3 is 1. The molecule has 0 bridgehead atoms. The summed E-state index contributed by atoms with van der Waals surface area (Å²) in [6, 6.07) is 5.67. The number of hydrogen-bond donors (Lipinski definition) is 2. The highest BCUT2D eigenvalue weighted by molar-refractivity contribution is 7.14. The Morgan fingerprint density at radius 2 is 2.27 bits per heavy atom. The molecule has 0 aliphatic heterocycles. The van der Waals surface area contributed by atoms with Crippen molar-refractivity contribution in [2.45, 2.75) is 19.8 Å². The van der Waals surface area contributed by atoms with Gasteiger partial charge in [0.1, 0.15) is 5.82 Å². The van der Waals surface area contributed by atoms with Crippen molar-refractivity contribution in [2.75, 3.05) is 24.9 Å². The molecular weight excluding hydrogens is 300 g/mol. The minimum absolute atomic E-state index is 0.485. The maximum atomic E-state index is 5.74. The van der Waals surface area contributed by atoms with Crippen molar-refractivity contribution in [3.8, 4) is 11.5 Å². The van der Waals surface area contributed by atoms with Gasteiger partial charge in [0.25, 0.3) is 0 Å². The summed E-state index contributed by atoms with van der Waals surface area (Å²) in [5.41, 5.74) is 9.29. The molecule has 1 aromatic carbocycles. The number of anilines is 2. The van der Waals surface area contributed by atoms with Crippen LogP contribution in [0.5, 0.6) is 11.5 Å². The fourth-order valence-electron chi connectivity index (χ4n) is 1.71. The molecule has 0 aliphatic carbocycles. The molecule has 6 nitrogen and oxygen atoms in total. The Hall–Kier alpha value is -2.28. The Morgan fingerprint density at radius 1 is 1.41 bits per heavy atom. The van der Waals surface area contributed by atoms with E-state index in [9.17, 15) is 0 Å². The highest BCUT2D eigenvalue weighted by Gasteiger charge is 2.05. The monoisotopic (exact) mass is 320 g/mol. The first-order chi connectivity index (χ1) is 10.7. The summed E-state index contributed by atoms with van der Waals surface area (Å²) in [6.45, 7) is 2.80. The van der Waals surface area contributed by atoms with Gasteiger partial charge in [-0.25, -0.2) is 4.98 Å². The lowest BCUT2D eigenvalue weighted by Gasteiger charge is -2.10. The Kier molecular flexibility index (Phi) is 6.02. The number of thiazole rings is 1. The SMILES string of the molecule is CCCCOc1cc(C=NNc2nc(N)cs2)ccc1OC. The standard InChI is InChI=1S/C15H20N4O2S/c1-3-4-7-21-13-8-11(5-6-12(13)20-2)9-17-19-15-18-14(16)10-22-15/h5-6,8-10H,3-4,7,16H2,1-2H3,(H,18,19). The van der Waals surface area contributed by atoms with E-state index in [1.165, 1.54) is 11.3 Å². The number of hydrogen-bond acceptors (Lipinski definition) is 7. The van der Waals surface area contributed by atoms with Gasteiger partial charge in [-0.3, -0.25) is 5.43 Å². The molecule has 3 N–H and O–H groups in total. The molecule has 0 unspecified atom stereocenters. The minimum atomic E-state index is 0.485. The highest BCUT2D eigenvalue weighted by Crippen LogP contribution is 2.27. The Labute approximate surface area is 134 Å². The second-order valence-electron chi connectivity index (χ2n) is 4.56. The molecule has 1 heterocycles. The molecule has 0 fully saturated rings. The van der Waals surface area contributed by atoms with Crippen LogP contribution in [0.2, 0.25) is 0 Å². The third-order valence-corrected chi connectivity index (χ3v) is 3.60. The first-order valence-electron chi connectivity index (χ1n) is 7.04. The predicted molar refractivity (Wildman–Crippen MR) is 91.1 cm³/mol. The molecule has 22 heavy (non-hydrogen) atoms. The Balaban J connectivity index is 2.02. The van der Waals surface area contributed by atoms with Crippen LogP contribution >= 0.6 is 11.3 Å². The van der Waals surface area contributed by atoms with E-state index < -0.39 is 0 Å². The average Bonchev–Trinajstić information content (AvgIpc) is 2.93. The summed E-state index contributed by atoms with van der Waals surface area (Å²) in [7, 11) is 1.63. The maximum absolute atomic E-state index is 5.74.